The van der Waals surface area contributed by atoms with Gasteiger partial charge in [0, 0.05) is 44.0 Å². The third-order valence-corrected chi connectivity index (χ3v) is 5.90. The predicted octanol–water partition coefficient (Wildman–Crippen LogP) is 0.669. The molecule has 3 heterocycles. The average Bonchev–Trinajstić information content (AvgIpc) is 3.09. The summed E-state index contributed by atoms with van der Waals surface area (Å²) in [5, 5.41) is 9.20. The largest absolute Gasteiger partial charge is 0.498 e. The van der Waals surface area contributed by atoms with Crippen LogP contribution < -0.4 is 10.4 Å². The highest BCUT2D eigenvalue weighted by Gasteiger charge is 2.52. The van der Waals surface area contributed by atoms with Crippen LogP contribution in [0.1, 0.15) is 40.5 Å². The van der Waals surface area contributed by atoms with Crippen LogP contribution >= 0.6 is 0 Å². The van der Waals surface area contributed by atoms with Gasteiger partial charge in [0.15, 0.2) is 0 Å². The number of likely N-dealkylation sites (N-methyl/N-ethyl adjacent to an activating group) is 1. The van der Waals surface area contributed by atoms with E-state index in [4.69, 9.17) is 9.31 Å². The van der Waals surface area contributed by atoms with Crippen LogP contribution in [0.4, 0.5) is 5.95 Å². The maximum absolute atomic E-state index is 9.20. The number of aliphatic hydroxyl groups is 1. The van der Waals surface area contributed by atoms with Gasteiger partial charge in [-0.2, -0.15) is 0 Å². The number of aromatic nitrogens is 2. The second-order valence-corrected chi connectivity index (χ2v) is 8.34. The molecule has 1 unspecified atom stereocenters. The maximum Gasteiger partial charge on any atom is 0.498 e. The second-order valence-electron chi connectivity index (χ2n) is 8.34. The lowest BCUT2D eigenvalue weighted by Crippen LogP contribution is -2.41. The van der Waals surface area contributed by atoms with Crippen LogP contribution in [0.2, 0.25) is 0 Å². The van der Waals surface area contributed by atoms with Crippen molar-refractivity contribution in [3.8, 4) is 0 Å². The molecule has 144 valence electrons. The molecule has 0 bridgehead atoms. The number of β-amino-alcohol motifs (C(OH)–C–C–N with tert-alkyl or cyclic N) is 1. The van der Waals surface area contributed by atoms with Crippen molar-refractivity contribution in [3.63, 3.8) is 0 Å². The molecule has 1 N–H and O–H groups in total. The molecular formula is C18H31BN4O3. The van der Waals surface area contributed by atoms with E-state index in [9.17, 15) is 5.11 Å². The summed E-state index contributed by atoms with van der Waals surface area (Å²) in [4.78, 5) is 13.5. The Morgan fingerprint density at radius 2 is 1.85 bits per heavy atom. The molecule has 8 heteroatoms. The first-order valence-corrected chi connectivity index (χ1v) is 9.47. The van der Waals surface area contributed by atoms with Crippen LogP contribution in [-0.2, 0) is 9.31 Å². The fourth-order valence-corrected chi connectivity index (χ4v) is 3.55. The van der Waals surface area contributed by atoms with Crippen LogP contribution in [0.25, 0.3) is 0 Å². The number of hydrogen-bond donors (Lipinski definition) is 1. The molecule has 0 spiro atoms. The highest BCUT2D eigenvalue weighted by atomic mass is 16.7. The van der Waals surface area contributed by atoms with E-state index in [2.05, 4.69) is 19.8 Å². The lowest BCUT2D eigenvalue weighted by molar-refractivity contribution is 0.00578. The van der Waals surface area contributed by atoms with Crippen molar-refractivity contribution in [2.45, 2.75) is 57.8 Å². The third-order valence-electron chi connectivity index (χ3n) is 5.90. The minimum atomic E-state index is -0.436. The van der Waals surface area contributed by atoms with Crippen molar-refractivity contribution in [3.05, 3.63) is 12.4 Å². The molecular weight excluding hydrogens is 331 g/mol. The molecule has 0 saturated carbocycles. The number of aliphatic hydroxyl groups excluding tert-OH is 1. The fourth-order valence-electron chi connectivity index (χ4n) is 3.55. The normalized spacial score (nSPS) is 25.0. The zero-order valence-electron chi connectivity index (χ0n) is 16.6. The smallest absolute Gasteiger partial charge is 0.399 e. The molecule has 0 amide bonds. The van der Waals surface area contributed by atoms with Crippen LogP contribution in [0, 0.1) is 0 Å². The number of anilines is 1. The quantitative estimate of drug-likeness (QED) is 0.746. The first-order chi connectivity index (χ1) is 12.2. The number of hydrogen-bond acceptors (Lipinski definition) is 7. The van der Waals surface area contributed by atoms with E-state index in [1.807, 2.05) is 34.7 Å². The zero-order chi connectivity index (χ0) is 18.9. The maximum atomic E-state index is 9.20. The minimum absolute atomic E-state index is 0.208. The summed E-state index contributed by atoms with van der Waals surface area (Å²) >= 11 is 0. The van der Waals surface area contributed by atoms with Crippen molar-refractivity contribution >= 4 is 18.5 Å². The lowest BCUT2D eigenvalue weighted by Gasteiger charge is -2.32. The zero-order valence-corrected chi connectivity index (χ0v) is 16.6. The van der Waals surface area contributed by atoms with Gasteiger partial charge in [-0.25, -0.2) is 9.97 Å². The monoisotopic (exact) mass is 362 g/mol. The SMILES string of the molecule is CN(CC1CCCN1CCO)c1ncc(B2OC(C)(C)C(C)(C)O2)cn1. The first-order valence-electron chi connectivity index (χ1n) is 9.47. The van der Waals surface area contributed by atoms with Gasteiger partial charge in [-0.15, -0.1) is 0 Å². The fraction of sp³-hybridized carbons (Fsp3) is 0.778. The molecule has 26 heavy (non-hydrogen) atoms. The van der Waals surface area contributed by atoms with Gasteiger partial charge < -0.3 is 19.3 Å². The highest BCUT2D eigenvalue weighted by molar-refractivity contribution is 6.61. The molecule has 2 saturated heterocycles. The van der Waals surface area contributed by atoms with E-state index in [1.54, 1.807) is 12.4 Å². The molecule has 2 aliphatic rings. The second kappa shape index (κ2) is 7.42. The minimum Gasteiger partial charge on any atom is -0.399 e. The summed E-state index contributed by atoms with van der Waals surface area (Å²) in [5.41, 5.74) is 0.0981. The van der Waals surface area contributed by atoms with Crippen LogP contribution in [0.5, 0.6) is 0 Å². The molecule has 7 nitrogen and oxygen atoms in total. The molecule has 2 fully saturated rings. The topological polar surface area (TPSA) is 71.0 Å². The van der Waals surface area contributed by atoms with Crippen molar-refractivity contribution < 1.29 is 14.4 Å². The van der Waals surface area contributed by atoms with E-state index in [-0.39, 0.29) is 17.8 Å². The lowest BCUT2D eigenvalue weighted by atomic mass is 9.81. The Kier molecular flexibility index (Phi) is 5.58. The van der Waals surface area contributed by atoms with Gasteiger partial charge in [0.25, 0.3) is 0 Å². The summed E-state index contributed by atoms with van der Waals surface area (Å²) in [5.74, 6) is 0.695. The molecule has 2 aliphatic heterocycles. The van der Waals surface area contributed by atoms with Crippen molar-refractivity contribution in [2.24, 2.45) is 0 Å². The highest BCUT2D eigenvalue weighted by Crippen LogP contribution is 2.36. The van der Waals surface area contributed by atoms with Gasteiger partial charge in [0.2, 0.25) is 5.95 Å². The van der Waals surface area contributed by atoms with Gasteiger partial charge in [-0.3, -0.25) is 4.90 Å². The standard InChI is InChI=1S/C18H31BN4O3/c1-17(2)18(3,4)26-19(25-17)14-11-20-16(21-12-14)22(5)13-15-7-6-8-23(15)9-10-24/h11-12,15,24H,6-10,13H2,1-5H3. The Labute approximate surface area is 156 Å². The number of nitrogens with zero attached hydrogens (tertiary/aromatic N) is 4. The van der Waals surface area contributed by atoms with Gasteiger partial charge in [0.1, 0.15) is 0 Å². The Balaban J connectivity index is 1.63. The van der Waals surface area contributed by atoms with Gasteiger partial charge in [0.05, 0.1) is 17.8 Å². The molecule has 0 radical (unpaired) electrons. The van der Waals surface area contributed by atoms with Gasteiger partial charge >= 0.3 is 7.12 Å². The van der Waals surface area contributed by atoms with Crippen LogP contribution in [0.3, 0.4) is 0 Å². The van der Waals surface area contributed by atoms with E-state index >= 15 is 0 Å². The average molecular weight is 362 g/mol. The van der Waals surface area contributed by atoms with Gasteiger partial charge in [-0.1, -0.05) is 0 Å². The predicted molar refractivity (Wildman–Crippen MR) is 103 cm³/mol. The first kappa shape index (κ1) is 19.5. The van der Waals surface area contributed by atoms with Crippen molar-refractivity contribution in [1.82, 2.24) is 14.9 Å². The molecule has 1 aromatic rings. The van der Waals surface area contributed by atoms with E-state index in [0.717, 1.165) is 31.5 Å². The van der Waals surface area contributed by atoms with Crippen molar-refractivity contribution in [1.29, 1.82) is 0 Å². The Hall–Kier alpha value is -1.22. The van der Waals surface area contributed by atoms with E-state index in [1.165, 1.54) is 6.42 Å². The summed E-state index contributed by atoms with van der Waals surface area (Å²) in [6.45, 7) is 11.0. The van der Waals surface area contributed by atoms with E-state index in [0.29, 0.717) is 12.0 Å². The van der Waals surface area contributed by atoms with E-state index < -0.39 is 7.12 Å². The summed E-state index contributed by atoms with van der Waals surface area (Å²) in [7, 11) is 1.58. The molecule has 0 aromatic carbocycles. The summed E-state index contributed by atoms with van der Waals surface area (Å²) in [6.07, 6.45) is 5.92. The van der Waals surface area contributed by atoms with Crippen LogP contribution in [-0.4, -0.2) is 77.6 Å². The van der Waals surface area contributed by atoms with Crippen LogP contribution in [0.15, 0.2) is 12.4 Å². The Morgan fingerprint density at radius 1 is 1.23 bits per heavy atom. The summed E-state index contributed by atoms with van der Waals surface area (Å²) in [6, 6.07) is 0.443. The Bertz CT molecular complexity index is 595. The third kappa shape index (κ3) is 3.88. The number of rotatable bonds is 6. The number of likely N-dealkylation sites (tertiary alicyclic amines) is 1. The molecule has 1 aromatic heterocycles. The molecule has 1 atom stereocenters. The van der Waals surface area contributed by atoms with Crippen molar-refractivity contribution in [2.75, 3.05) is 38.2 Å². The summed E-state index contributed by atoms with van der Waals surface area (Å²) < 4.78 is 12.1. The van der Waals surface area contributed by atoms with Gasteiger partial charge in [-0.05, 0) is 47.1 Å². The Morgan fingerprint density at radius 3 is 2.42 bits per heavy atom. The molecule has 0 aliphatic carbocycles. The molecule has 3 rings (SSSR count).